The molecule has 6 nitrogen and oxygen atoms in total. The van der Waals surface area contributed by atoms with E-state index in [1.807, 2.05) is 19.1 Å². The van der Waals surface area contributed by atoms with Gasteiger partial charge in [-0.25, -0.2) is 9.37 Å². The SMILES string of the molecule is COc1cc(C)cc(OC)c1-c1cc(F)cc(C(CC(=O)O)c2ncco2)c1. The summed E-state index contributed by atoms with van der Waals surface area (Å²) in [5, 5.41) is 9.29. The molecule has 1 atom stereocenters. The number of oxazole rings is 1. The zero-order valence-corrected chi connectivity index (χ0v) is 15.7. The maximum atomic E-state index is 14.5. The lowest BCUT2D eigenvalue weighted by Gasteiger charge is -2.17. The van der Waals surface area contributed by atoms with Gasteiger partial charge in [-0.1, -0.05) is 0 Å². The third kappa shape index (κ3) is 3.98. The van der Waals surface area contributed by atoms with Crippen LogP contribution in [0.1, 0.15) is 29.4 Å². The van der Waals surface area contributed by atoms with Gasteiger partial charge in [0.2, 0.25) is 5.89 Å². The highest BCUT2D eigenvalue weighted by Crippen LogP contribution is 2.41. The second kappa shape index (κ2) is 8.12. The van der Waals surface area contributed by atoms with Crippen LogP contribution in [-0.4, -0.2) is 30.3 Å². The first-order valence-corrected chi connectivity index (χ1v) is 8.57. The first-order chi connectivity index (χ1) is 13.4. The molecular weight excluding hydrogens is 365 g/mol. The average molecular weight is 385 g/mol. The maximum Gasteiger partial charge on any atom is 0.304 e. The number of aryl methyl sites for hydroxylation is 1. The fraction of sp³-hybridized carbons (Fsp3) is 0.238. The van der Waals surface area contributed by atoms with E-state index in [9.17, 15) is 14.3 Å². The Bertz CT molecular complexity index is 959. The Morgan fingerprint density at radius 1 is 1.18 bits per heavy atom. The van der Waals surface area contributed by atoms with Crippen molar-refractivity contribution in [2.75, 3.05) is 14.2 Å². The van der Waals surface area contributed by atoms with Gasteiger partial charge in [0.1, 0.15) is 23.6 Å². The number of benzene rings is 2. The first-order valence-electron chi connectivity index (χ1n) is 8.57. The predicted octanol–water partition coefficient (Wildman–Crippen LogP) is 4.41. The van der Waals surface area contributed by atoms with Crippen LogP contribution in [0.25, 0.3) is 11.1 Å². The van der Waals surface area contributed by atoms with Gasteiger partial charge in [-0.2, -0.15) is 0 Å². The number of halogens is 1. The van der Waals surface area contributed by atoms with Crippen molar-refractivity contribution in [3.05, 3.63) is 65.6 Å². The molecule has 7 heteroatoms. The Labute approximate surface area is 161 Å². The number of aromatic nitrogens is 1. The number of ether oxygens (including phenoxy) is 2. The Balaban J connectivity index is 2.18. The van der Waals surface area contributed by atoms with Crippen molar-refractivity contribution in [3.8, 4) is 22.6 Å². The topological polar surface area (TPSA) is 81.8 Å². The minimum Gasteiger partial charge on any atom is -0.496 e. The third-order valence-corrected chi connectivity index (χ3v) is 4.39. The monoisotopic (exact) mass is 385 g/mol. The Kier molecular flexibility index (Phi) is 5.63. The zero-order chi connectivity index (χ0) is 20.3. The van der Waals surface area contributed by atoms with Gasteiger partial charge >= 0.3 is 5.97 Å². The van der Waals surface area contributed by atoms with Crippen LogP contribution < -0.4 is 9.47 Å². The van der Waals surface area contributed by atoms with Crippen LogP contribution in [0.15, 0.2) is 47.2 Å². The summed E-state index contributed by atoms with van der Waals surface area (Å²) >= 11 is 0. The molecule has 0 aliphatic carbocycles. The molecule has 0 spiro atoms. The number of carbonyl (C=O) groups is 1. The molecule has 1 heterocycles. The summed E-state index contributed by atoms with van der Waals surface area (Å²) in [7, 11) is 3.05. The Hall–Kier alpha value is -3.35. The minimum atomic E-state index is -1.04. The highest BCUT2D eigenvalue weighted by Gasteiger charge is 2.24. The molecule has 0 saturated heterocycles. The number of nitrogens with zero attached hydrogens (tertiary/aromatic N) is 1. The number of carboxylic acids is 1. The summed E-state index contributed by atoms with van der Waals surface area (Å²) in [6.45, 7) is 1.90. The number of rotatable bonds is 7. The van der Waals surface area contributed by atoms with Crippen LogP contribution in [0, 0.1) is 12.7 Å². The summed E-state index contributed by atoms with van der Waals surface area (Å²) in [6.07, 6.45) is 2.50. The number of carboxylic acid groups (broad SMARTS) is 1. The largest absolute Gasteiger partial charge is 0.496 e. The molecular formula is C21H20FNO5. The second-order valence-corrected chi connectivity index (χ2v) is 6.34. The molecule has 3 aromatic rings. The van der Waals surface area contributed by atoms with E-state index in [4.69, 9.17) is 13.9 Å². The van der Waals surface area contributed by atoms with E-state index in [2.05, 4.69) is 4.98 Å². The summed E-state index contributed by atoms with van der Waals surface area (Å²) in [5.74, 6) is -1.02. The standard InChI is InChI=1S/C21H20FNO5/c1-12-6-17(26-2)20(18(7-12)27-3)14-8-13(9-15(22)10-14)16(11-19(24)25)21-23-4-5-28-21/h4-10,16H,11H2,1-3H3,(H,24,25). The van der Waals surface area contributed by atoms with Crippen molar-refractivity contribution in [1.82, 2.24) is 4.98 Å². The fourth-order valence-corrected chi connectivity index (χ4v) is 3.21. The molecule has 0 radical (unpaired) electrons. The van der Waals surface area contributed by atoms with Gasteiger partial charge < -0.3 is 19.0 Å². The zero-order valence-electron chi connectivity index (χ0n) is 15.7. The van der Waals surface area contributed by atoms with Crippen LogP contribution in [0.2, 0.25) is 0 Å². The van der Waals surface area contributed by atoms with E-state index < -0.39 is 17.7 Å². The summed E-state index contributed by atoms with van der Waals surface area (Å²) in [4.78, 5) is 15.4. The smallest absolute Gasteiger partial charge is 0.304 e. The molecule has 0 aliphatic heterocycles. The minimum absolute atomic E-state index is 0.210. The highest BCUT2D eigenvalue weighted by atomic mass is 19.1. The number of aliphatic carboxylic acids is 1. The van der Waals surface area contributed by atoms with Crippen molar-refractivity contribution in [2.45, 2.75) is 19.3 Å². The molecule has 28 heavy (non-hydrogen) atoms. The van der Waals surface area contributed by atoms with Crippen molar-refractivity contribution in [3.63, 3.8) is 0 Å². The lowest BCUT2D eigenvalue weighted by Crippen LogP contribution is -2.09. The van der Waals surface area contributed by atoms with Gasteiger partial charge in [0, 0.05) is 0 Å². The quantitative estimate of drug-likeness (QED) is 0.649. The van der Waals surface area contributed by atoms with Crippen molar-refractivity contribution in [2.24, 2.45) is 0 Å². The Morgan fingerprint density at radius 3 is 2.39 bits per heavy atom. The number of hydrogen-bond donors (Lipinski definition) is 1. The molecule has 2 aromatic carbocycles. The van der Waals surface area contributed by atoms with Crippen LogP contribution in [0.3, 0.4) is 0 Å². The molecule has 0 amide bonds. The molecule has 3 rings (SSSR count). The molecule has 146 valence electrons. The second-order valence-electron chi connectivity index (χ2n) is 6.34. The number of methoxy groups -OCH3 is 2. The van der Waals surface area contributed by atoms with Gasteiger partial charge in [0.15, 0.2) is 0 Å². The first kappa shape index (κ1) is 19.4. The predicted molar refractivity (Wildman–Crippen MR) is 100 cm³/mol. The van der Waals surface area contributed by atoms with Crippen LogP contribution in [0.5, 0.6) is 11.5 Å². The van der Waals surface area contributed by atoms with Gasteiger partial charge in [-0.15, -0.1) is 0 Å². The van der Waals surface area contributed by atoms with Gasteiger partial charge in [0.05, 0.1) is 38.3 Å². The third-order valence-electron chi connectivity index (χ3n) is 4.39. The Morgan fingerprint density at radius 2 is 1.86 bits per heavy atom. The van der Waals surface area contributed by atoms with Gasteiger partial charge in [0.25, 0.3) is 0 Å². The number of hydrogen-bond acceptors (Lipinski definition) is 5. The fourth-order valence-electron chi connectivity index (χ4n) is 3.21. The molecule has 1 unspecified atom stereocenters. The van der Waals surface area contributed by atoms with E-state index in [0.29, 0.717) is 28.2 Å². The molecule has 0 fully saturated rings. The van der Waals surface area contributed by atoms with E-state index in [-0.39, 0.29) is 12.3 Å². The maximum absolute atomic E-state index is 14.5. The van der Waals surface area contributed by atoms with Crippen LogP contribution in [-0.2, 0) is 4.79 Å². The van der Waals surface area contributed by atoms with E-state index >= 15 is 0 Å². The van der Waals surface area contributed by atoms with Crippen molar-refractivity contribution >= 4 is 5.97 Å². The van der Waals surface area contributed by atoms with E-state index in [0.717, 1.165) is 5.56 Å². The summed E-state index contributed by atoms with van der Waals surface area (Å²) in [5.41, 5.74) is 2.45. The molecule has 0 bridgehead atoms. The van der Waals surface area contributed by atoms with Crippen molar-refractivity contribution < 1.29 is 28.2 Å². The van der Waals surface area contributed by atoms with Crippen LogP contribution in [0.4, 0.5) is 4.39 Å². The summed E-state index contributed by atoms with van der Waals surface area (Å²) in [6, 6.07) is 7.99. The lowest BCUT2D eigenvalue weighted by atomic mass is 9.91. The van der Waals surface area contributed by atoms with Crippen molar-refractivity contribution in [1.29, 1.82) is 0 Å². The van der Waals surface area contributed by atoms with Gasteiger partial charge in [-0.3, -0.25) is 4.79 Å². The highest BCUT2D eigenvalue weighted by molar-refractivity contribution is 5.78. The normalized spacial score (nSPS) is 11.9. The summed E-state index contributed by atoms with van der Waals surface area (Å²) < 4.78 is 30.8. The average Bonchev–Trinajstić information content (AvgIpc) is 3.18. The van der Waals surface area contributed by atoms with E-state index in [1.54, 1.807) is 6.07 Å². The molecule has 0 saturated carbocycles. The van der Waals surface area contributed by atoms with Crippen LogP contribution >= 0.6 is 0 Å². The molecule has 1 aromatic heterocycles. The van der Waals surface area contributed by atoms with Gasteiger partial charge in [-0.05, 0) is 53.9 Å². The lowest BCUT2D eigenvalue weighted by molar-refractivity contribution is -0.137. The molecule has 1 N–H and O–H groups in total. The van der Waals surface area contributed by atoms with E-state index in [1.165, 1.54) is 38.8 Å². The molecule has 0 aliphatic rings.